The lowest BCUT2D eigenvalue weighted by molar-refractivity contribution is 0.139. The zero-order valence-corrected chi connectivity index (χ0v) is 17.5. The van der Waals surface area contributed by atoms with Crippen molar-refractivity contribution in [1.29, 1.82) is 0 Å². The third-order valence-electron chi connectivity index (χ3n) is 6.04. The first kappa shape index (κ1) is 18.8. The number of nitrogens with zero attached hydrogens (tertiary/aromatic N) is 4. The Morgan fingerprint density at radius 3 is 2.00 bits per heavy atom. The van der Waals surface area contributed by atoms with E-state index in [1.807, 2.05) is 48.7 Å². The highest BCUT2D eigenvalue weighted by Crippen LogP contribution is 2.30. The molecular weight excluding hydrogens is 396 g/mol. The van der Waals surface area contributed by atoms with E-state index >= 15 is 0 Å². The average Bonchev–Trinajstić information content (AvgIpc) is 3.36. The third kappa shape index (κ3) is 3.06. The molecule has 3 aromatic carbocycles. The van der Waals surface area contributed by atoms with Gasteiger partial charge in [0.05, 0.1) is 30.2 Å². The number of pyridine rings is 1. The fourth-order valence-electron chi connectivity index (χ4n) is 4.65. The van der Waals surface area contributed by atoms with E-state index in [4.69, 9.17) is 4.98 Å². The van der Waals surface area contributed by atoms with Gasteiger partial charge < -0.3 is 14.2 Å². The Morgan fingerprint density at radius 2 is 1.31 bits per heavy atom. The SMILES string of the molecule is O[C@H](Cn1c(-c2cccnc2)nc2ccccc21)Cn1c2ccccc2c2ccccc21. The summed E-state index contributed by atoms with van der Waals surface area (Å²) in [5, 5.41) is 13.7. The molecule has 0 saturated heterocycles. The summed E-state index contributed by atoms with van der Waals surface area (Å²) < 4.78 is 4.32. The predicted molar refractivity (Wildman–Crippen MR) is 128 cm³/mol. The van der Waals surface area contributed by atoms with Crippen LogP contribution in [0.3, 0.4) is 0 Å². The molecule has 6 aromatic rings. The number of aromatic nitrogens is 4. The van der Waals surface area contributed by atoms with E-state index < -0.39 is 6.10 Å². The molecule has 0 aliphatic carbocycles. The van der Waals surface area contributed by atoms with E-state index in [0.29, 0.717) is 13.1 Å². The first-order valence-electron chi connectivity index (χ1n) is 10.8. The van der Waals surface area contributed by atoms with E-state index in [0.717, 1.165) is 33.5 Å². The van der Waals surface area contributed by atoms with Crippen LogP contribution in [0.25, 0.3) is 44.2 Å². The Bertz CT molecular complexity index is 1490. The third-order valence-corrected chi connectivity index (χ3v) is 6.04. The Hall–Kier alpha value is -3.96. The summed E-state index contributed by atoms with van der Waals surface area (Å²) in [5.41, 5.74) is 5.13. The van der Waals surface area contributed by atoms with Gasteiger partial charge in [0.1, 0.15) is 5.82 Å². The number of rotatable bonds is 5. The molecule has 3 heterocycles. The van der Waals surface area contributed by atoms with Crippen molar-refractivity contribution in [1.82, 2.24) is 19.1 Å². The number of hydrogen-bond donors (Lipinski definition) is 1. The van der Waals surface area contributed by atoms with E-state index in [9.17, 15) is 5.11 Å². The largest absolute Gasteiger partial charge is 0.389 e. The Labute approximate surface area is 185 Å². The lowest BCUT2D eigenvalue weighted by Gasteiger charge is -2.17. The van der Waals surface area contributed by atoms with E-state index in [1.165, 1.54) is 10.8 Å². The Kier molecular flexibility index (Phi) is 4.47. The fourth-order valence-corrected chi connectivity index (χ4v) is 4.65. The summed E-state index contributed by atoms with van der Waals surface area (Å²) in [7, 11) is 0. The van der Waals surface area contributed by atoms with E-state index in [2.05, 4.69) is 56.6 Å². The summed E-state index contributed by atoms with van der Waals surface area (Å²) in [5.74, 6) is 0.820. The molecule has 1 atom stereocenters. The lowest BCUT2D eigenvalue weighted by Crippen LogP contribution is -2.22. The van der Waals surface area contributed by atoms with Gasteiger partial charge in [-0.3, -0.25) is 4.98 Å². The molecule has 0 fully saturated rings. The second kappa shape index (κ2) is 7.62. The predicted octanol–water partition coefficient (Wildman–Crippen LogP) is 5.27. The van der Waals surface area contributed by atoms with Crippen LogP contribution in [0.4, 0.5) is 0 Å². The van der Waals surface area contributed by atoms with Crippen molar-refractivity contribution in [2.75, 3.05) is 0 Å². The van der Waals surface area contributed by atoms with Crippen molar-refractivity contribution in [3.8, 4) is 11.4 Å². The lowest BCUT2D eigenvalue weighted by atomic mass is 10.2. The average molecular weight is 419 g/mol. The standard InChI is InChI=1S/C27H22N4O/c32-20(17-30-24-12-4-1-9-21(24)22-10-2-5-13-25(22)30)18-31-26-14-6-3-11-23(26)29-27(31)19-8-7-15-28-16-19/h1-16,20,32H,17-18H2/t20-/m0/s1. The maximum absolute atomic E-state index is 11.3. The van der Waals surface area contributed by atoms with Gasteiger partial charge in [0.15, 0.2) is 0 Å². The Balaban J connectivity index is 1.42. The van der Waals surface area contributed by atoms with Gasteiger partial charge in [-0.2, -0.15) is 0 Å². The first-order chi connectivity index (χ1) is 15.8. The molecule has 6 rings (SSSR count). The van der Waals surface area contributed by atoms with Crippen molar-refractivity contribution in [2.45, 2.75) is 19.2 Å². The van der Waals surface area contributed by atoms with Crippen LogP contribution in [0.2, 0.25) is 0 Å². The zero-order valence-electron chi connectivity index (χ0n) is 17.5. The monoisotopic (exact) mass is 418 g/mol. The first-order valence-corrected chi connectivity index (χ1v) is 10.8. The van der Waals surface area contributed by atoms with Gasteiger partial charge in [0.2, 0.25) is 0 Å². The van der Waals surface area contributed by atoms with Crippen LogP contribution >= 0.6 is 0 Å². The van der Waals surface area contributed by atoms with Gasteiger partial charge in [0, 0.05) is 39.8 Å². The summed E-state index contributed by atoms with van der Waals surface area (Å²) in [6.07, 6.45) is 2.98. The zero-order chi connectivity index (χ0) is 21.5. The topological polar surface area (TPSA) is 55.9 Å². The summed E-state index contributed by atoms with van der Waals surface area (Å²) >= 11 is 0. The van der Waals surface area contributed by atoms with Crippen molar-refractivity contribution < 1.29 is 5.11 Å². The number of hydrogen-bond acceptors (Lipinski definition) is 3. The maximum atomic E-state index is 11.3. The molecular formula is C27H22N4O. The normalized spacial score (nSPS) is 12.7. The number of imidazole rings is 1. The molecule has 0 bridgehead atoms. The molecule has 0 aliphatic rings. The van der Waals surface area contributed by atoms with E-state index in [1.54, 1.807) is 6.20 Å². The van der Waals surface area contributed by atoms with Gasteiger partial charge in [-0.15, -0.1) is 0 Å². The van der Waals surface area contributed by atoms with Crippen LogP contribution in [0.1, 0.15) is 0 Å². The van der Waals surface area contributed by atoms with Crippen LogP contribution < -0.4 is 0 Å². The minimum absolute atomic E-state index is 0.436. The number of aliphatic hydroxyl groups excluding tert-OH is 1. The highest BCUT2D eigenvalue weighted by Gasteiger charge is 2.18. The number of aliphatic hydroxyl groups is 1. The van der Waals surface area contributed by atoms with Crippen molar-refractivity contribution in [3.05, 3.63) is 97.3 Å². The van der Waals surface area contributed by atoms with Crippen molar-refractivity contribution >= 4 is 32.8 Å². The van der Waals surface area contributed by atoms with E-state index in [-0.39, 0.29) is 0 Å². The molecule has 0 radical (unpaired) electrons. The molecule has 0 spiro atoms. The van der Waals surface area contributed by atoms with Crippen LogP contribution in [-0.2, 0) is 13.1 Å². The summed E-state index contributed by atoms with van der Waals surface area (Å²) in [4.78, 5) is 9.10. The molecule has 1 N–H and O–H groups in total. The highest BCUT2D eigenvalue weighted by atomic mass is 16.3. The molecule has 0 saturated carbocycles. The second-order valence-electron chi connectivity index (χ2n) is 8.08. The van der Waals surface area contributed by atoms with Crippen LogP contribution in [0, 0.1) is 0 Å². The van der Waals surface area contributed by atoms with Gasteiger partial charge in [0.25, 0.3) is 0 Å². The quantitative estimate of drug-likeness (QED) is 0.415. The van der Waals surface area contributed by atoms with Crippen molar-refractivity contribution in [3.63, 3.8) is 0 Å². The molecule has 0 unspecified atom stereocenters. The van der Waals surface area contributed by atoms with Crippen LogP contribution in [-0.4, -0.2) is 30.3 Å². The van der Waals surface area contributed by atoms with Gasteiger partial charge >= 0.3 is 0 Å². The highest BCUT2D eigenvalue weighted by molar-refractivity contribution is 6.07. The molecule has 32 heavy (non-hydrogen) atoms. The smallest absolute Gasteiger partial charge is 0.142 e. The molecule has 0 aliphatic heterocycles. The number of benzene rings is 3. The molecule has 5 nitrogen and oxygen atoms in total. The second-order valence-corrected chi connectivity index (χ2v) is 8.08. The van der Waals surface area contributed by atoms with Gasteiger partial charge in [-0.1, -0.05) is 48.5 Å². The Morgan fingerprint density at radius 1 is 0.688 bits per heavy atom. The number of para-hydroxylation sites is 4. The molecule has 3 aromatic heterocycles. The van der Waals surface area contributed by atoms with Crippen LogP contribution in [0.5, 0.6) is 0 Å². The van der Waals surface area contributed by atoms with Gasteiger partial charge in [-0.25, -0.2) is 4.98 Å². The molecule has 5 heteroatoms. The van der Waals surface area contributed by atoms with Gasteiger partial charge in [-0.05, 0) is 36.4 Å². The fraction of sp³-hybridized carbons (Fsp3) is 0.111. The van der Waals surface area contributed by atoms with Crippen molar-refractivity contribution in [2.24, 2.45) is 0 Å². The summed E-state index contributed by atoms with van der Waals surface area (Å²) in [6, 6.07) is 28.7. The van der Waals surface area contributed by atoms with Crippen LogP contribution in [0.15, 0.2) is 97.3 Å². The number of fused-ring (bicyclic) bond motifs is 4. The summed E-state index contributed by atoms with van der Waals surface area (Å²) in [6.45, 7) is 0.929. The molecule has 156 valence electrons. The maximum Gasteiger partial charge on any atom is 0.142 e. The minimum atomic E-state index is -0.595. The molecule has 0 amide bonds. The minimum Gasteiger partial charge on any atom is -0.389 e.